The third kappa shape index (κ3) is 5.99. The van der Waals surface area contributed by atoms with E-state index in [1.807, 2.05) is 54.7 Å². The molecule has 0 saturated carbocycles. The molecule has 5 nitrogen and oxygen atoms in total. The Balaban J connectivity index is 1.49. The first-order valence-corrected chi connectivity index (χ1v) is 11.7. The van der Waals surface area contributed by atoms with Crippen molar-refractivity contribution in [3.8, 4) is 5.75 Å². The first-order valence-electron chi connectivity index (χ1n) is 11.7. The van der Waals surface area contributed by atoms with Crippen molar-refractivity contribution in [3.05, 3.63) is 95.3 Å². The van der Waals surface area contributed by atoms with Gasteiger partial charge in [0.15, 0.2) is 0 Å². The fourth-order valence-electron chi connectivity index (χ4n) is 4.88. The molecular formula is C28H33N3O2. The van der Waals surface area contributed by atoms with Crippen molar-refractivity contribution in [3.63, 3.8) is 0 Å². The lowest BCUT2D eigenvalue weighted by molar-refractivity contribution is -0.121. The molecule has 1 saturated heterocycles. The Kier molecular flexibility index (Phi) is 7.74. The molecule has 1 aromatic heterocycles. The number of carbonyl (C=O) groups is 1. The Bertz CT molecular complexity index is 1040. The summed E-state index contributed by atoms with van der Waals surface area (Å²) in [6.45, 7) is 4.87. The first kappa shape index (κ1) is 23.0. The van der Waals surface area contributed by atoms with Gasteiger partial charge in [-0.05, 0) is 55.5 Å². The lowest BCUT2D eigenvalue weighted by Gasteiger charge is -2.37. The van der Waals surface area contributed by atoms with Crippen LogP contribution in [0.3, 0.4) is 0 Å². The molecule has 2 atom stereocenters. The van der Waals surface area contributed by atoms with Gasteiger partial charge in [-0.2, -0.15) is 0 Å². The lowest BCUT2D eigenvalue weighted by atomic mass is 9.88. The molecular weight excluding hydrogens is 410 g/mol. The molecule has 5 heteroatoms. The van der Waals surface area contributed by atoms with Crippen LogP contribution in [0.4, 0.5) is 0 Å². The zero-order chi connectivity index (χ0) is 23.0. The molecule has 1 N–H and O–H groups in total. The summed E-state index contributed by atoms with van der Waals surface area (Å²) in [5.74, 6) is 1.30. The molecule has 2 heterocycles. The fraction of sp³-hybridized carbons (Fsp3) is 0.357. The summed E-state index contributed by atoms with van der Waals surface area (Å²) < 4.78 is 5.68. The molecule has 0 aliphatic carbocycles. The summed E-state index contributed by atoms with van der Waals surface area (Å²) >= 11 is 0. The Morgan fingerprint density at radius 2 is 1.94 bits per heavy atom. The van der Waals surface area contributed by atoms with Crippen molar-refractivity contribution in [1.29, 1.82) is 0 Å². The zero-order valence-corrected chi connectivity index (χ0v) is 19.5. The van der Waals surface area contributed by atoms with Crippen molar-refractivity contribution in [2.75, 3.05) is 20.2 Å². The number of pyridine rings is 1. The number of methoxy groups -OCH3 is 1. The Morgan fingerprint density at radius 1 is 1.12 bits per heavy atom. The predicted molar refractivity (Wildman–Crippen MR) is 131 cm³/mol. The van der Waals surface area contributed by atoms with E-state index in [-0.39, 0.29) is 11.9 Å². The number of ether oxygens (including phenoxy) is 1. The van der Waals surface area contributed by atoms with Crippen molar-refractivity contribution in [2.45, 2.75) is 38.8 Å². The van der Waals surface area contributed by atoms with Crippen molar-refractivity contribution in [1.82, 2.24) is 15.2 Å². The highest BCUT2D eigenvalue weighted by atomic mass is 16.5. The van der Waals surface area contributed by atoms with Gasteiger partial charge in [-0.3, -0.25) is 14.7 Å². The average molecular weight is 444 g/mol. The number of rotatable bonds is 8. The molecule has 0 bridgehead atoms. The Labute approximate surface area is 196 Å². The highest BCUT2D eigenvalue weighted by Crippen LogP contribution is 2.31. The molecule has 1 aliphatic rings. The summed E-state index contributed by atoms with van der Waals surface area (Å²) in [6, 6.07) is 22.1. The van der Waals surface area contributed by atoms with Crippen LogP contribution in [-0.2, 0) is 17.8 Å². The summed E-state index contributed by atoms with van der Waals surface area (Å²) in [5, 5.41) is 3.31. The lowest BCUT2D eigenvalue weighted by Crippen LogP contribution is -2.43. The van der Waals surface area contributed by atoms with Crippen LogP contribution in [0.25, 0.3) is 0 Å². The van der Waals surface area contributed by atoms with Crippen LogP contribution in [-0.4, -0.2) is 36.0 Å². The fourth-order valence-corrected chi connectivity index (χ4v) is 4.88. The number of amides is 1. The van der Waals surface area contributed by atoms with E-state index in [0.29, 0.717) is 12.3 Å². The second kappa shape index (κ2) is 11.1. The van der Waals surface area contributed by atoms with Gasteiger partial charge >= 0.3 is 0 Å². The number of hydrogen-bond acceptors (Lipinski definition) is 4. The average Bonchev–Trinajstić information content (AvgIpc) is 2.84. The van der Waals surface area contributed by atoms with Gasteiger partial charge in [0.2, 0.25) is 5.91 Å². The van der Waals surface area contributed by atoms with Crippen LogP contribution >= 0.6 is 0 Å². The Morgan fingerprint density at radius 3 is 2.70 bits per heavy atom. The minimum atomic E-state index is -0.107. The quantitative estimate of drug-likeness (QED) is 0.548. The highest BCUT2D eigenvalue weighted by molar-refractivity contribution is 5.79. The van der Waals surface area contributed by atoms with E-state index in [4.69, 9.17) is 4.74 Å². The SMILES string of the molecule is COc1c(C)cccc1CN1CCCC(C(NC(=O)Cc2ccccc2)c2ccccn2)C1. The van der Waals surface area contributed by atoms with Crippen molar-refractivity contribution in [2.24, 2.45) is 5.92 Å². The molecule has 1 aliphatic heterocycles. The minimum Gasteiger partial charge on any atom is -0.496 e. The number of piperidine rings is 1. The summed E-state index contributed by atoms with van der Waals surface area (Å²) in [6.07, 6.45) is 4.34. The molecule has 0 spiro atoms. The number of nitrogens with one attached hydrogen (secondary N) is 1. The second-order valence-corrected chi connectivity index (χ2v) is 8.87. The highest BCUT2D eigenvalue weighted by Gasteiger charge is 2.30. The molecule has 2 unspecified atom stereocenters. The number of aromatic nitrogens is 1. The van der Waals surface area contributed by atoms with Gasteiger partial charge in [-0.1, -0.05) is 54.6 Å². The van der Waals surface area contributed by atoms with E-state index in [1.165, 1.54) is 5.56 Å². The number of likely N-dealkylation sites (tertiary alicyclic amines) is 1. The van der Waals surface area contributed by atoms with Crippen LogP contribution in [0.15, 0.2) is 72.9 Å². The monoisotopic (exact) mass is 443 g/mol. The van der Waals surface area contributed by atoms with Gasteiger partial charge < -0.3 is 10.1 Å². The molecule has 3 aromatic rings. The van der Waals surface area contributed by atoms with Gasteiger partial charge in [0, 0.05) is 24.8 Å². The number of carbonyl (C=O) groups excluding carboxylic acids is 1. The van der Waals surface area contributed by atoms with Crippen LogP contribution in [0, 0.1) is 12.8 Å². The van der Waals surface area contributed by atoms with Gasteiger partial charge in [-0.15, -0.1) is 0 Å². The molecule has 4 rings (SSSR count). The summed E-state index contributed by atoms with van der Waals surface area (Å²) in [4.78, 5) is 20.0. The number of aryl methyl sites for hydroxylation is 1. The topological polar surface area (TPSA) is 54.5 Å². The van der Waals surface area contributed by atoms with Gasteiger partial charge in [0.1, 0.15) is 5.75 Å². The number of hydrogen-bond donors (Lipinski definition) is 1. The number of benzene rings is 2. The number of nitrogens with zero attached hydrogens (tertiary/aromatic N) is 2. The largest absolute Gasteiger partial charge is 0.496 e. The van der Waals surface area contributed by atoms with E-state index in [2.05, 4.69) is 40.3 Å². The summed E-state index contributed by atoms with van der Waals surface area (Å²) in [5.41, 5.74) is 4.31. The summed E-state index contributed by atoms with van der Waals surface area (Å²) in [7, 11) is 1.74. The first-order chi connectivity index (χ1) is 16.1. The van der Waals surface area contributed by atoms with E-state index >= 15 is 0 Å². The molecule has 2 aromatic carbocycles. The second-order valence-electron chi connectivity index (χ2n) is 8.87. The standard InChI is InChI=1S/C28H33N3O2/c1-21-10-8-13-24(28(21)33-2)20-31-17-9-14-23(19-31)27(25-15-6-7-16-29-25)30-26(32)18-22-11-4-3-5-12-22/h3-8,10-13,15-16,23,27H,9,14,17-20H2,1-2H3,(H,30,32). The maximum absolute atomic E-state index is 13.0. The van der Waals surface area contributed by atoms with Gasteiger partial charge in [0.25, 0.3) is 0 Å². The molecule has 1 amide bonds. The third-order valence-electron chi connectivity index (χ3n) is 6.44. The smallest absolute Gasteiger partial charge is 0.224 e. The maximum Gasteiger partial charge on any atom is 0.224 e. The van der Waals surface area contributed by atoms with Crippen molar-refractivity contribution >= 4 is 5.91 Å². The van der Waals surface area contributed by atoms with Crippen LogP contribution < -0.4 is 10.1 Å². The molecule has 33 heavy (non-hydrogen) atoms. The third-order valence-corrected chi connectivity index (χ3v) is 6.44. The van der Waals surface area contributed by atoms with E-state index < -0.39 is 0 Å². The number of para-hydroxylation sites is 1. The van der Waals surface area contributed by atoms with Crippen LogP contribution in [0.1, 0.15) is 41.3 Å². The van der Waals surface area contributed by atoms with Crippen LogP contribution in [0.2, 0.25) is 0 Å². The maximum atomic E-state index is 13.0. The molecule has 0 radical (unpaired) electrons. The molecule has 172 valence electrons. The van der Waals surface area contributed by atoms with E-state index in [9.17, 15) is 4.79 Å². The Hall–Kier alpha value is -3.18. The minimum absolute atomic E-state index is 0.0364. The zero-order valence-electron chi connectivity index (χ0n) is 19.5. The van der Waals surface area contributed by atoms with Gasteiger partial charge in [0.05, 0.1) is 25.3 Å². The normalized spacial score (nSPS) is 17.3. The van der Waals surface area contributed by atoms with Crippen LogP contribution in [0.5, 0.6) is 5.75 Å². The van der Waals surface area contributed by atoms with Gasteiger partial charge in [-0.25, -0.2) is 0 Å². The van der Waals surface area contributed by atoms with Crippen molar-refractivity contribution < 1.29 is 9.53 Å². The van der Waals surface area contributed by atoms with E-state index in [1.54, 1.807) is 7.11 Å². The predicted octanol–water partition coefficient (Wildman–Crippen LogP) is 4.71. The van der Waals surface area contributed by atoms with E-state index in [0.717, 1.165) is 55.0 Å². The molecule has 1 fully saturated rings.